The molecule has 0 radical (unpaired) electrons. The molecular formula is C26H46O4. The molecule has 174 valence electrons. The molecule has 0 spiro atoms. The van der Waals surface area contributed by atoms with E-state index in [1.807, 2.05) is 0 Å². The van der Waals surface area contributed by atoms with Crippen LogP contribution >= 0.6 is 0 Å². The summed E-state index contributed by atoms with van der Waals surface area (Å²) in [5.41, 5.74) is 0.224. The van der Waals surface area contributed by atoms with Gasteiger partial charge in [-0.2, -0.15) is 0 Å². The van der Waals surface area contributed by atoms with E-state index in [2.05, 4.69) is 27.7 Å². The van der Waals surface area contributed by atoms with Gasteiger partial charge in [0.2, 0.25) is 0 Å². The summed E-state index contributed by atoms with van der Waals surface area (Å²) in [6.45, 7) is 9.27. The van der Waals surface area contributed by atoms with E-state index in [0.29, 0.717) is 35.5 Å². The van der Waals surface area contributed by atoms with E-state index >= 15 is 0 Å². The molecule has 3 rings (SSSR count). The van der Waals surface area contributed by atoms with Crippen molar-refractivity contribution in [2.75, 3.05) is 0 Å². The number of carbonyl (C=O) groups is 1. The molecular weight excluding hydrogens is 376 g/mol. The summed E-state index contributed by atoms with van der Waals surface area (Å²) in [6, 6.07) is 0. The first-order valence-corrected chi connectivity index (χ1v) is 12.8. The van der Waals surface area contributed by atoms with Crippen LogP contribution in [0.5, 0.6) is 0 Å². The van der Waals surface area contributed by atoms with Crippen molar-refractivity contribution in [1.29, 1.82) is 0 Å². The van der Waals surface area contributed by atoms with Gasteiger partial charge in [0.15, 0.2) is 0 Å². The quantitative estimate of drug-likeness (QED) is 0.546. The van der Waals surface area contributed by atoms with E-state index in [0.717, 1.165) is 38.5 Å². The first kappa shape index (κ1) is 24.0. The zero-order valence-corrected chi connectivity index (χ0v) is 19.7. The molecule has 0 heterocycles. The van der Waals surface area contributed by atoms with Crippen molar-refractivity contribution >= 4 is 5.97 Å². The van der Waals surface area contributed by atoms with Crippen LogP contribution in [0.15, 0.2) is 0 Å². The zero-order valence-electron chi connectivity index (χ0n) is 19.7. The predicted molar refractivity (Wildman–Crippen MR) is 120 cm³/mol. The van der Waals surface area contributed by atoms with Gasteiger partial charge in [0.05, 0.1) is 12.2 Å². The fraction of sp³-hybridized carbons (Fsp3) is 0.962. The molecule has 10 atom stereocenters. The number of aliphatic hydroxyl groups is 2. The normalized spacial score (nSPS) is 45.9. The summed E-state index contributed by atoms with van der Waals surface area (Å²) in [4.78, 5) is 11.1. The fourth-order valence-electron chi connectivity index (χ4n) is 8.06. The van der Waals surface area contributed by atoms with Crippen molar-refractivity contribution in [3.63, 3.8) is 0 Å². The number of hydrogen-bond acceptors (Lipinski definition) is 3. The Morgan fingerprint density at radius 2 is 1.77 bits per heavy atom. The van der Waals surface area contributed by atoms with Gasteiger partial charge in [-0.1, -0.05) is 34.1 Å². The molecule has 3 fully saturated rings. The largest absolute Gasteiger partial charge is 0.481 e. The molecule has 0 aromatic rings. The van der Waals surface area contributed by atoms with Crippen LogP contribution in [0, 0.1) is 46.8 Å². The van der Waals surface area contributed by atoms with Gasteiger partial charge in [-0.3, -0.25) is 4.79 Å². The predicted octanol–water partition coefficient (Wildman–Crippen LogP) is 5.50. The molecule has 0 amide bonds. The number of aliphatic carboxylic acids is 1. The van der Waals surface area contributed by atoms with E-state index in [1.54, 1.807) is 0 Å². The van der Waals surface area contributed by atoms with Gasteiger partial charge >= 0.3 is 5.97 Å². The van der Waals surface area contributed by atoms with Gasteiger partial charge in [-0.15, -0.1) is 0 Å². The lowest BCUT2D eigenvalue weighted by Gasteiger charge is -2.54. The van der Waals surface area contributed by atoms with Crippen molar-refractivity contribution in [3.8, 4) is 0 Å². The Hall–Kier alpha value is -0.610. The molecule has 3 unspecified atom stereocenters. The van der Waals surface area contributed by atoms with Gasteiger partial charge < -0.3 is 15.3 Å². The van der Waals surface area contributed by atoms with E-state index in [4.69, 9.17) is 5.11 Å². The summed E-state index contributed by atoms with van der Waals surface area (Å²) in [6.07, 6.45) is 9.97. The second-order valence-electron chi connectivity index (χ2n) is 11.4. The molecule has 0 aromatic heterocycles. The van der Waals surface area contributed by atoms with Crippen molar-refractivity contribution in [3.05, 3.63) is 0 Å². The Morgan fingerprint density at radius 3 is 2.43 bits per heavy atom. The second kappa shape index (κ2) is 9.90. The topological polar surface area (TPSA) is 77.8 Å². The molecule has 0 aliphatic heterocycles. The maximum absolute atomic E-state index is 11.7. The van der Waals surface area contributed by atoms with Crippen molar-refractivity contribution in [2.24, 2.45) is 46.8 Å². The molecule has 30 heavy (non-hydrogen) atoms. The summed E-state index contributed by atoms with van der Waals surface area (Å²) in [7, 11) is 0. The number of hydrogen-bond donors (Lipinski definition) is 3. The Labute approximate surface area is 183 Å². The van der Waals surface area contributed by atoms with Gasteiger partial charge in [0.1, 0.15) is 0 Å². The minimum Gasteiger partial charge on any atom is -0.481 e. The highest BCUT2D eigenvalue weighted by Crippen LogP contribution is 2.63. The Balaban J connectivity index is 1.85. The lowest BCUT2D eigenvalue weighted by molar-refractivity contribution is -0.137. The highest BCUT2D eigenvalue weighted by Gasteiger charge is 2.57. The van der Waals surface area contributed by atoms with Gasteiger partial charge in [-0.25, -0.2) is 0 Å². The van der Waals surface area contributed by atoms with Crippen LogP contribution < -0.4 is 0 Å². The van der Waals surface area contributed by atoms with E-state index in [-0.39, 0.29) is 30.0 Å². The maximum Gasteiger partial charge on any atom is 0.303 e. The molecule has 4 heteroatoms. The molecule has 0 saturated heterocycles. The lowest BCUT2D eigenvalue weighted by Crippen LogP contribution is -2.50. The number of rotatable bonds is 5. The van der Waals surface area contributed by atoms with E-state index in [9.17, 15) is 15.0 Å². The van der Waals surface area contributed by atoms with E-state index < -0.39 is 5.97 Å². The third kappa shape index (κ3) is 4.75. The minimum atomic E-state index is -0.685. The first-order valence-electron chi connectivity index (χ1n) is 12.8. The number of aliphatic hydroxyl groups excluding tert-OH is 2. The molecule has 0 bridgehead atoms. The minimum absolute atomic E-state index is 0.218. The average Bonchev–Trinajstić information content (AvgIpc) is 3.06. The summed E-state index contributed by atoms with van der Waals surface area (Å²) in [5, 5.41) is 31.2. The molecule has 3 aliphatic carbocycles. The molecule has 4 nitrogen and oxygen atoms in total. The molecule has 3 N–H and O–H groups in total. The van der Waals surface area contributed by atoms with Crippen molar-refractivity contribution in [2.45, 2.75) is 111 Å². The Kier molecular flexibility index (Phi) is 7.93. The van der Waals surface area contributed by atoms with Crippen LogP contribution in [-0.4, -0.2) is 33.5 Å². The van der Waals surface area contributed by atoms with Crippen LogP contribution in [0.3, 0.4) is 0 Å². The number of fused-ring (bicyclic) bond motifs is 3. The van der Waals surface area contributed by atoms with Crippen LogP contribution in [-0.2, 0) is 4.79 Å². The SMILES string of the molecule is CC[C@@H]1CC[C@H](O)CC[C@H](C)C2CC[C@@]3(C)C(CC[C@@H]3[C@H](C)CCC(=O)O)C2[C@@H]1O. The second-order valence-corrected chi connectivity index (χ2v) is 11.4. The molecule has 0 aromatic carbocycles. The standard InChI is InChI=1S/C26H46O4/c1-5-18-8-10-19(27)9-6-16(2)20-14-15-26(4)21(17(3)7-13-23(28)29)11-12-22(26)24(20)25(18)30/h16-22,24-25,27,30H,5-15H2,1-4H3,(H,28,29)/t16-,17+,18+,19+,20?,21+,22?,24?,25+,26+/m0/s1. The van der Waals surface area contributed by atoms with Gasteiger partial charge in [0, 0.05) is 6.42 Å². The monoisotopic (exact) mass is 422 g/mol. The van der Waals surface area contributed by atoms with E-state index in [1.165, 1.54) is 25.7 Å². The van der Waals surface area contributed by atoms with Crippen LogP contribution in [0.2, 0.25) is 0 Å². The van der Waals surface area contributed by atoms with Crippen molar-refractivity contribution in [1.82, 2.24) is 0 Å². The third-order valence-electron chi connectivity index (χ3n) is 9.92. The van der Waals surface area contributed by atoms with Gasteiger partial charge in [0.25, 0.3) is 0 Å². The Bertz CT molecular complexity index is 577. The summed E-state index contributed by atoms with van der Waals surface area (Å²) < 4.78 is 0. The first-order chi connectivity index (χ1) is 14.2. The highest BCUT2D eigenvalue weighted by molar-refractivity contribution is 5.66. The fourth-order valence-corrected chi connectivity index (χ4v) is 8.06. The lowest BCUT2D eigenvalue weighted by atomic mass is 9.52. The summed E-state index contributed by atoms with van der Waals surface area (Å²) in [5.74, 6) is 2.59. The maximum atomic E-state index is 11.7. The van der Waals surface area contributed by atoms with Crippen molar-refractivity contribution < 1.29 is 20.1 Å². The smallest absolute Gasteiger partial charge is 0.303 e. The highest BCUT2D eigenvalue weighted by atomic mass is 16.4. The molecule has 3 saturated carbocycles. The number of carboxylic acids is 1. The van der Waals surface area contributed by atoms with Crippen LogP contribution in [0.25, 0.3) is 0 Å². The van der Waals surface area contributed by atoms with Crippen LogP contribution in [0.4, 0.5) is 0 Å². The average molecular weight is 423 g/mol. The third-order valence-corrected chi connectivity index (χ3v) is 9.92. The summed E-state index contributed by atoms with van der Waals surface area (Å²) >= 11 is 0. The molecule has 3 aliphatic rings. The van der Waals surface area contributed by atoms with Gasteiger partial charge in [-0.05, 0) is 105 Å². The Morgan fingerprint density at radius 1 is 1.07 bits per heavy atom. The van der Waals surface area contributed by atoms with Crippen LogP contribution in [0.1, 0.15) is 98.3 Å². The number of carboxylic acid groups (broad SMARTS) is 1. The zero-order chi connectivity index (χ0) is 22.1.